The summed E-state index contributed by atoms with van der Waals surface area (Å²) in [6.07, 6.45) is -0.130. The van der Waals surface area contributed by atoms with Crippen LogP contribution >= 0.6 is 0 Å². The molecule has 2 aromatic rings. The Balaban J connectivity index is 1.90. The van der Waals surface area contributed by atoms with Crippen molar-refractivity contribution in [3.05, 3.63) is 41.7 Å². The second-order valence-corrected chi connectivity index (χ2v) is 8.65. The van der Waals surface area contributed by atoms with E-state index in [2.05, 4.69) is 31.3 Å². The van der Waals surface area contributed by atoms with Gasteiger partial charge in [0.25, 0.3) is 0 Å². The van der Waals surface area contributed by atoms with Crippen molar-refractivity contribution in [1.82, 2.24) is 31.3 Å². The number of aromatic amines is 1. The van der Waals surface area contributed by atoms with E-state index in [1.807, 2.05) is 6.07 Å². The molecule has 0 bridgehead atoms. The summed E-state index contributed by atoms with van der Waals surface area (Å²) in [7, 11) is 0. The van der Waals surface area contributed by atoms with Gasteiger partial charge in [-0.2, -0.15) is 5.21 Å². The molecule has 0 saturated heterocycles. The maximum absolute atomic E-state index is 12.6. The molecule has 1 aromatic heterocycles. The molecule has 4 N–H and O–H groups in total. The Morgan fingerprint density at radius 1 is 1.06 bits per heavy atom. The molecule has 0 fully saturated rings. The number of nitrogens with zero attached hydrogens (tertiary/aromatic N) is 3. The van der Waals surface area contributed by atoms with Gasteiger partial charge in [0.2, 0.25) is 0 Å². The predicted octanol–water partition coefficient (Wildman–Crippen LogP) is 1.12. The third kappa shape index (κ3) is 10.6. The Labute approximate surface area is 202 Å². The molecule has 13 heteroatoms. The van der Waals surface area contributed by atoms with Crippen LogP contribution in [0.2, 0.25) is 0 Å². The Kier molecular flexibility index (Phi) is 10.1. The van der Waals surface area contributed by atoms with Crippen LogP contribution in [0.4, 0.5) is 4.79 Å². The van der Waals surface area contributed by atoms with Crippen LogP contribution < -0.4 is 10.6 Å². The number of amides is 2. The maximum Gasteiger partial charge on any atom is 0.329 e. The molecule has 0 saturated carbocycles. The molecule has 0 aliphatic carbocycles. The molecule has 2 atom stereocenters. The molecule has 35 heavy (non-hydrogen) atoms. The van der Waals surface area contributed by atoms with E-state index in [-0.39, 0.29) is 32.3 Å². The summed E-state index contributed by atoms with van der Waals surface area (Å²) in [6.45, 7) is 5.10. The predicted molar refractivity (Wildman–Crippen MR) is 121 cm³/mol. The lowest BCUT2D eigenvalue weighted by molar-refractivity contribution is -0.157. The topological polar surface area (TPSA) is 185 Å². The van der Waals surface area contributed by atoms with E-state index in [1.165, 1.54) is 0 Å². The summed E-state index contributed by atoms with van der Waals surface area (Å²) >= 11 is 0. The highest BCUT2D eigenvalue weighted by atomic mass is 16.6. The van der Waals surface area contributed by atoms with Gasteiger partial charge in [0.1, 0.15) is 24.3 Å². The molecule has 1 heterocycles. The Bertz CT molecular complexity index is 976. The number of carboxylic acids is 1. The van der Waals surface area contributed by atoms with Crippen molar-refractivity contribution >= 4 is 23.9 Å². The van der Waals surface area contributed by atoms with Crippen LogP contribution in [0.1, 0.15) is 51.4 Å². The first-order chi connectivity index (χ1) is 16.5. The normalized spacial score (nSPS) is 12.8. The number of esters is 2. The second-order valence-electron chi connectivity index (χ2n) is 8.65. The van der Waals surface area contributed by atoms with E-state index in [9.17, 15) is 24.3 Å². The second kappa shape index (κ2) is 13.0. The number of benzene rings is 1. The van der Waals surface area contributed by atoms with E-state index in [1.54, 1.807) is 45.0 Å². The number of H-pyrrole nitrogens is 1. The van der Waals surface area contributed by atoms with E-state index < -0.39 is 41.6 Å². The van der Waals surface area contributed by atoms with Crippen LogP contribution in [-0.4, -0.2) is 67.4 Å². The van der Waals surface area contributed by atoms with Crippen LogP contribution in [0.15, 0.2) is 30.3 Å². The lowest BCUT2D eigenvalue weighted by atomic mass is 10.1. The minimum atomic E-state index is -1.38. The van der Waals surface area contributed by atoms with Crippen molar-refractivity contribution < 1.29 is 33.8 Å². The number of aryl methyl sites for hydroxylation is 1. The molecule has 0 aliphatic heterocycles. The average molecular weight is 491 g/mol. The fourth-order valence-electron chi connectivity index (χ4n) is 2.87. The van der Waals surface area contributed by atoms with Crippen molar-refractivity contribution in [3.63, 3.8) is 0 Å². The lowest BCUT2D eigenvalue weighted by Gasteiger charge is -2.25. The van der Waals surface area contributed by atoms with Gasteiger partial charge < -0.3 is 25.2 Å². The van der Waals surface area contributed by atoms with Crippen molar-refractivity contribution in [3.8, 4) is 0 Å². The van der Waals surface area contributed by atoms with Crippen LogP contribution in [-0.2, 0) is 36.9 Å². The quantitative estimate of drug-likeness (QED) is 0.314. The highest BCUT2D eigenvalue weighted by Crippen LogP contribution is 2.11. The number of rotatable bonds is 12. The highest BCUT2D eigenvalue weighted by molar-refractivity contribution is 5.87. The maximum atomic E-state index is 12.6. The van der Waals surface area contributed by atoms with Gasteiger partial charge >= 0.3 is 23.9 Å². The van der Waals surface area contributed by atoms with E-state index in [0.717, 1.165) is 5.56 Å². The van der Waals surface area contributed by atoms with Gasteiger partial charge in [-0.15, -0.1) is 10.2 Å². The number of hydrogen-bond acceptors (Lipinski definition) is 9. The van der Waals surface area contributed by atoms with E-state index >= 15 is 0 Å². The number of hydrogen-bond donors (Lipinski definition) is 4. The zero-order chi connectivity index (χ0) is 25.8. The third-order valence-electron chi connectivity index (χ3n) is 4.53. The zero-order valence-corrected chi connectivity index (χ0v) is 19.8. The summed E-state index contributed by atoms with van der Waals surface area (Å²) in [5.41, 5.74) is -0.00859. The summed E-state index contributed by atoms with van der Waals surface area (Å²) in [6, 6.07) is 5.64. The number of urea groups is 1. The van der Waals surface area contributed by atoms with Gasteiger partial charge in [-0.3, -0.25) is 4.79 Å². The Hall–Kier alpha value is -4.03. The minimum absolute atomic E-state index is 0.0588. The van der Waals surface area contributed by atoms with Gasteiger partial charge in [0.15, 0.2) is 5.82 Å². The zero-order valence-electron chi connectivity index (χ0n) is 19.8. The smallest absolute Gasteiger partial charge is 0.329 e. The number of ether oxygens (including phenoxy) is 2. The number of tetrazole rings is 1. The van der Waals surface area contributed by atoms with Crippen molar-refractivity contribution in [2.75, 3.05) is 0 Å². The van der Waals surface area contributed by atoms with Gasteiger partial charge in [-0.1, -0.05) is 35.5 Å². The lowest BCUT2D eigenvalue weighted by Crippen LogP contribution is -2.52. The number of carboxylic acid groups (broad SMARTS) is 1. The van der Waals surface area contributed by atoms with Crippen molar-refractivity contribution in [2.24, 2.45) is 0 Å². The SMILES string of the molecule is CC(C)(C)OC(=O)[C@H](CCc1nn[nH]n1)NC(=O)N[C@@H](CCC(=O)OCc1ccccc1)C(=O)O. The van der Waals surface area contributed by atoms with Crippen molar-refractivity contribution in [2.45, 2.75) is 70.7 Å². The minimum Gasteiger partial charge on any atom is -0.480 e. The van der Waals surface area contributed by atoms with Crippen LogP contribution in [0.3, 0.4) is 0 Å². The van der Waals surface area contributed by atoms with Crippen LogP contribution in [0.5, 0.6) is 0 Å². The summed E-state index contributed by atoms with van der Waals surface area (Å²) in [5.74, 6) is -2.31. The number of carbonyl (C=O) groups is 4. The first-order valence-corrected chi connectivity index (χ1v) is 11.0. The third-order valence-corrected chi connectivity index (χ3v) is 4.53. The summed E-state index contributed by atoms with van der Waals surface area (Å²) < 4.78 is 10.5. The fraction of sp³-hybridized carbons (Fsp3) is 0.500. The average Bonchev–Trinajstić information content (AvgIpc) is 3.31. The van der Waals surface area contributed by atoms with E-state index in [4.69, 9.17) is 9.47 Å². The summed E-state index contributed by atoms with van der Waals surface area (Å²) in [4.78, 5) is 48.7. The van der Waals surface area contributed by atoms with Gasteiger partial charge in [-0.25, -0.2) is 14.4 Å². The molecule has 0 unspecified atom stereocenters. The standard InChI is InChI=1S/C22H30N6O7/c1-22(2,3)35-20(32)16(9-11-17-25-27-28-26-17)24-21(33)23-15(19(30)31)10-12-18(29)34-13-14-7-5-4-6-8-14/h4-8,15-16H,9-13H2,1-3H3,(H,30,31)(H2,23,24,33)(H,25,26,27,28)/t15-,16-/m0/s1. The van der Waals surface area contributed by atoms with Crippen LogP contribution in [0, 0.1) is 0 Å². The largest absolute Gasteiger partial charge is 0.480 e. The van der Waals surface area contributed by atoms with Gasteiger partial charge in [0, 0.05) is 12.8 Å². The molecule has 2 rings (SSSR count). The first kappa shape index (κ1) is 27.2. The molecule has 2 amide bonds. The molecule has 0 radical (unpaired) electrons. The van der Waals surface area contributed by atoms with Crippen LogP contribution in [0.25, 0.3) is 0 Å². The Morgan fingerprint density at radius 3 is 2.34 bits per heavy atom. The van der Waals surface area contributed by atoms with Gasteiger partial charge in [-0.05, 0) is 39.2 Å². The molecule has 0 aliphatic rings. The molecule has 190 valence electrons. The van der Waals surface area contributed by atoms with Gasteiger partial charge in [0.05, 0.1) is 0 Å². The van der Waals surface area contributed by atoms with Crippen molar-refractivity contribution in [1.29, 1.82) is 0 Å². The Morgan fingerprint density at radius 2 is 1.74 bits per heavy atom. The number of aromatic nitrogens is 4. The number of aliphatic carboxylic acids is 1. The molecular weight excluding hydrogens is 460 g/mol. The molecule has 1 aromatic carbocycles. The molecular formula is C22H30N6O7. The monoisotopic (exact) mass is 490 g/mol. The number of nitrogens with one attached hydrogen (secondary N) is 3. The molecule has 13 nitrogen and oxygen atoms in total. The highest BCUT2D eigenvalue weighted by Gasteiger charge is 2.29. The fourth-order valence-corrected chi connectivity index (χ4v) is 2.87. The number of carbonyl (C=O) groups excluding carboxylic acids is 3. The summed E-state index contributed by atoms with van der Waals surface area (Å²) in [5, 5.41) is 27.5. The molecule has 0 spiro atoms. The first-order valence-electron chi connectivity index (χ1n) is 11.0. The van der Waals surface area contributed by atoms with E-state index in [0.29, 0.717) is 5.82 Å².